The van der Waals surface area contributed by atoms with Gasteiger partial charge in [0.1, 0.15) is 0 Å². The Hall–Kier alpha value is -2.54. The summed E-state index contributed by atoms with van der Waals surface area (Å²) < 4.78 is 124. The van der Waals surface area contributed by atoms with Crippen LogP contribution in [0.1, 0.15) is 0 Å². The summed E-state index contributed by atoms with van der Waals surface area (Å²) in [5, 5.41) is 2.01. The number of amides is 2. The van der Waals surface area contributed by atoms with E-state index in [-0.39, 0.29) is 0 Å². The topological polar surface area (TPSA) is 58.2 Å². The Labute approximate surface area is 137 Å². The number of nitrogens with one attached hydrogen (secondary N) is 2. The van der Waals surface area contributed by atoms with Crippen molar-refractivity contribution in [2.75, 3.05) is 10.6 Å². The number of carbonyl (C=O) groups excluding carboxylic acids is 2. The van der Waals surface area contributed by atoms with E-state index in [4.69, 9.17) is 0 Å². The van der Waals surface area contributed by atoms with Gasteiger partial charge >= 0.3 is 36.0 Å². The molecule has 0 aliphatic carbocycles. The van der Waals surface area contributed by atoms with Crippen LogP contribution >= 0.6 is 0 Å². The number of rotatable bonds is 4. The van der Waals surface area contributed by atoms with Crippen LogP contribution in [0, 0.1) is 0 Å². The van der Waals surface area contributed by atoms with Gasteiger partial charge in [0.25, 0.3) is 0 Å². The van der Waals surface area contributed by atoms with Crippen LogP contribution in [-0.2, 0) is 9.59 Å². The van der Waals surface area contributed by atoms with Crippen LogP contribution in [0.15, 0.2) is 24.3 Å². The summed E-state index contributed by atoms with van der Waals surface area (Å²) in [5.41, 5.74) is -2.12. The van der Waals surface area contributed by atoms with Crippen molar-refractivity contribution in [2.24, 2.45) is 0 Å². The average molecular weight is 400 g/mol. The highest BCUT2D eigenvalue weighted by Gasteiger charge is 2.64. The Balaban J connectivity index is 3.10. The van der Waals surface area contributed by atoms with Crippen molar-refractivity contribution in [2.45, 2.75) is 24.2 Å². The first kappa shape index (κ1) is 21.5. The van der Waals surface area contributed by atoms with Crippen molar-refractivity contribution in [3.63, 3.8) is 0 Å². The van der Waals surface area contributed by atoms with Crippen LogP contribution in [0.25, 0.3) is 0 Å². The molecular formula is C12H6F10N2O2. The maximum Gasteiger partial charge on any atom is 0.463 e. The molecule has 2 amide bonds. The van der Waals surface area contributed by atoms with E-state index in [2.05, 4.69) is 0 Å². The molecule has 0 unspecified atom stereocenters. The Bertz CT molecular complexity index is 637. The van der Waals surface area contributed by atoms with E-state index in [1.165, 1.54) is 0 Å². The van der Waals surface area contributed by atoms with Crippen molar-refractivity contribution in [1.82, 2.24) is 0 Å². The van der Waals surface area contributed by atoms with Crippen molar-refractivity contribution >= 4 is 23.2 Å². The fourth-order valence-corrected chi connectivity index (χ4v) is 1.36. The second kappa shape index (κ2) is 6.64. The molecule has 0 aromatic heterocycles. The lowest BCUT2D eigenvalue weighted by Crippen LogP contribution is -2.48. The van der Waals surface area contributed by atoms with Gasteiger partial charge in [-0.25, -0.2) is 0 Å². The first-order valence-electron chi connectivity index (χ1n) is 6.13. The zero-order chi connectivity index (χ0) is 20.6. The largest absolute Gasteiger partial charge is 0.463 e. The summed E-state index contributed by atoms with van der Waals surface area (Å²) in [5.74, 6) is -17.6. The van der Waals surface area contributed by atoms with E-state index < -0.39 is 47.4 Å². The number of anilines is 2. The van der Waals surface area contributed by atoms with Crippen LogP contribution in [-0.4, -0.2) is 36.0 Å². The standard InChI is InChI=1S/C12H6F10N2O2/c13-9(14,11(17,18)19)7(25)23-5-3-1-2-4-6(5)24-8(26)10(15,16)12(20,21)22/h1-4H,(H,23,25)(H,24,26). The second-order valence-corrected chi connectivity index (χ2v) is 4.60. The first-order chi connectivity index (χ1) is 11.5. The molecule has 2 N–H and O–H groups in total. The average Bonchev–Trinajstić information content (AvgIpc) is 2.46. The molecule has 0 heterocycles. The molecule has 0 spiro atoms. The first-order valence-corrected chi connectivity index (χ1v) is 6.13. The highest BCUT2D eigenvalue weighted by Crippen LogP contribution is 2.38. The SMILES string of the molecule is O=C(Nc1ccccc1NC(=O)C(F)(F)C(F)(F)F)C(F)(F)C(F)(F)F. The molecule has 0 fully saturated rings. The van der Waals surface area contributed by atoms with E-state index in [0.29, 0.717) is 12.1 Å². The summed E-state index contributed by atoms with van der Waals surface area (Å²) in [6, 6.07) is 3.01. The van der Waals surface area contributed by atoms with E-state index in [0.717, 1.165) is 22.8 Å². The second-order valence-electron chi connectivity index (χ2n) is 4.60. The molecule has 0 bridgehead atoms. The fraction of sp³-hybridized carbons (Fsp3) is 0.333. The van der Waals surface area contributed by atoms with Gasteiger partial charge in [0, 0.05) is 0 Å². The molecule has 1 aromatic rings. The predicted octanol–water partition coefficient (Wildman–Crippen LogP) is 3.96. The Morgan fingerprint density at radius 2 is 0.885 bits per heavy atom. The summed E-state index contributed by atoms with van der Waals surface area (Å²) in [4.78, 5) is 22.1. The van der Waals surface area contributed by atoms with Crippen molar-refractivity contribution in [1.29, 1.82) is 0 Å². The molecule has 146 valence electrons. The van der Waals surface area contributed by atoms with Crippen molar-refractivity contribution < 1.29 is 53.5 Å². The molecule has 0 aliphatic heterocycles. The van der Waals surface area contributed by atoms with Gasteiger partial charge in [-0.2, -0.15) is 43.9 Å². The lowest BCUT2D eigenvalue weighted by molar-refractivity contribution is -0.267. The molecule has 1 rings (SSSR count). The minimum atomic E-state index is -6.29. The van der Waals surface area contributed by atoms with E-state index in [1.807, 2.05) is 0 Å². The quantitative estimate of drug-likeness (QED) is 0.752. The fourth-order valence-electron chi connectivity index (χ4n) is 1.36. The molecular weight excluding hydrogens is 394 g/mol. The molecule has 1 aromatic carbocycles. The van der Waals surface area contributed by atoms with Crippen LogP contribution < -0.4 is 10.6 Å². The minimum Gasteiger partial charge on any atom is -0.319 e. The highest BCUT2D eigenvalue weighted by molar-refractivity contribution is 6.04. The van der Waals surface area contributed by atoms with Gasteiger partial charge in [0.2, 0.25) is 0 Å². The lowest BCUT2D eigenvalue weighted by atomic mass is 10.2. The number of halogens is 10. The van der Waals surface area contributed by atoms with Gasteiger partial charge in [0.15, 0.2) is 0 Å². The van der Waals surface area contributed by atoms with Gasteiger partial charge < -0.3 is 10.6 Å². The third-order valence-electron chi connectivity index (χ3n) is 2.71. The highest BCUT2D eigenvalue weighted by atomic mass is 19.4. The molecule has 0 saturated heterocycles. The van der Waals surface area contributed by atoms with Crippen LogP contribution in [0.5, 0.6) is 0 Å². The van der Waals surface area contributed by atoms with Gasteiger partial charge in [-0.1, -0.05) is 12.1 Å². The molecule has 0 saturated carbocycles. The predicted molar refractivity (Wildman–Crippen MR) is 65.7 cm³/mol. The van der Waals surface area contributed by atoms with Gasteiger partial charge in [-0.15, -0.1) is 0 Å². The number of alkyl halides is 10. The van der Waals surface area contributed by atoms with Crippen LogP contribution in [0.4, 0.5) is 55.3 Å². The summed E-state index contributed by atoms with van der Waals surface area (Å²) in [6.45, 7) is 0. The Morgan fingerprint density at radius 3 is 1.12 bits per heavy atom. The lowest BCUT2D eigenvalue weighted by Gasteiger charge is -2.21. The number of hydrogen-bond acceptors (Lipinski definition) is 2. The van der Waals surface area contributed by atoms with E-state index >= 15 is 0 Å². The van der Waals surface area contributed by atoms with Crippen LogP contribution in [0.2, 0.25) is 0 Å². The molecule has 4 nitrogen and oxygen atoms in total. The molecule has 0 radical (unpaired) electrons. The molecule has 0 atom stereocenters. The normalized spacial score (nSPS) is 13.3. The zero-order valence-corrected chi connectivity index (χ0v) is 11.9. The smallest absolute Gasteiger partial charge is 0.319 e. The van der Waals surface area contributed by atoms with E-state index in [1.54, 1.807) is 0 Å². The monoisotopic (exact) mass is 400 g/mol. The number of para-hydroxylation sites is 2. The van der Waals surface area contributed by atoms with Crippen molar-refractivity contribution in [3.05, 3.63) is 24.3 Å². The number of benzene rings is 1. The zero-order valence-electron chi connectivity index (χ0n) is 11.9. The molecule has 0 aliphatic rings. The van der Waals surface area contributed by atoms with Gasteiger partial charge in [-0.05, 0) is 12.1 Å². The van der Waals surface area contributed by atoms with Gasteiger partial charge in [-0.3, -0.25) is 9.59 Å². The molecule has 14 heteroatoms. The summed E-state index contributed by atoms with van der Waals surface area (Å²) >= 11 is 0. The van der Waals surface area contributed by atoms with Crippen LogP contribution in [0.3, 0.4) is 0 Å². The minimum absolute atomic E-state index is 0.589. The Kier molecular flexibility index (Phi) is 5.49. The van der Waals surface area contributed by atoms with E-state index in [9.17, 15) is 53.5 Å². The van der Waals surface area contributed by atoms with Gasteiger partial charge in [0.05, 0.1) is 11.4 Å². The van der Waals surface area contributed by atoms with Crippen molar-refractivity contribution in [3.8, 4) is 0 Å². The third kappa shape index (κ3) is 4.16. The maximum atomic E-state index is 12.9. The third-order valence-corrected chi connectivity index (χ3v) is 2.71. The number of hydrogen-bond donors (Lipinski definition) is 2. The Morgan fingerprint density at radius 1 is 0.615 bits per heavy atom. The summed E-state index contributed by atoms with van der Waals surface area (Å²) in [7, 11) is 0. The number of carbonyl (C=O) groups is 2. The maximum absolute atomic E-state index is 12.9. The summed E-state index contributed by atoms with van der Waals surface area (Å²) in [6.07, 6.45) is -12.6. The molecule has 26 heavy (non-hydrogen) atoms.